The minimum absolute atomic E-state index is 0.168. The topological polar surface area (TPSA) is 59.8 Å². The lowest BCUT2D eigenvalue weighted by Gasteiger charge is -2.07. The van der Waals surface area contributed by atoms with E-state index < -0.39 is 0 Å². The summed E-state index contributed by atoms with van der Waals surface area (Å²) in [5.41, 5.74) is 2.74. The summed E-state index contributed by atoms with van der Waals surface area (Å²) in [5.74, 6) is 0.272. The van der Waals surface area contributed by atoms with Crippen molar-refractivity contribution in [3.8, 4) is 0 Å². The number of aromatic nitrogens is 3. The Labute approximate surface area is 99.5 Å². The molecule has 5 nitrogen and oxygen atoms in total. The van der Waals surface area contributed by atoms with Crippen molar-refractivity contribution in [2.45, 2.75) is 13.8 Å². The van der Waals surface area contributed by atoms with Crippen LogP contribution >= 0.6 is 0 Å². The van der Waals surface area contributed by atoms with Crippen LogP contribution in [0.15, 0.2) is 24.5 Å². The number of carbonyl (C=O) groups excluding carboxylic acids is 1. The van der Waals surface area contributed by atoms with E-state index in [9.17, 15) is 4.79 Å². The van der Waals surface area contributed by atoms with Gasteiger partial charge < -0.3 is 0 Å². The first-order chi connectivity index (χ1) is 8.08. The number of nitrogens with zero attached hydrogens (tertiary/aromatic N) is 3. The molecule has 2 rings (SSSR count). The van der Waals surface area contributed by atoms with Gasteiger partial charge in [0.05, 0.1) is 0 Å². The molecule has 0 spiro atoms. The van der Waals surface area contributed by atoms with E-state index in [2.05, 4.69) is 15.4 Å². The van der Waals surface area contributed by atoms with E-state index >= 15 is 0 Å². The minimum Gasteiger partial charge on any atom is -0.291 e. The first-order valence-corrected chi connectivity index (χ1v) is 5.30. The van der Waals surface area contributed by atoms with Crippen LogP contribution < -0.4 is 5.32 Å². The molecule has 1 aromatic heterocycles. The third-order valence-electron chi connectivity index (χ3n) is 2.56. The highest BCUT2D eigenvalue weighted by Crippen LogP contribution is 2.12. The van der Waals surface area contributed by atoms with Crippen molar-refractivity contribution in [2.75, 3.05) is 5.32 Å². The molecule has 0 aliphatic carbocycles. The molecule has 0 atom stereocenters. The Morgan fingerprint density at radius 3 is 2.71 bits per heavy atom. The van der Waals surface area contributed by atoms with Crippen molar-refractivity contribution in [3.05, 3.63) is 41.2 Å². The number of nitrogens with one attached hydrogen (secondary N) is 1. The van der Waals surface area contributed by atoms with E-state index in [0.717, 1.165) is 11.1 Å². The van der Waals surface area contributed by atoms with E-state index in [1.165, 1.54) is 11.0 Å². The molecule has 0 radical (unpaired) electrons. The van der Waals surface area contributed by atoms with E-state index in [4.69, 9.17) is 0 Å². The first kappa shape index (κ1) is 11.3. The monoisotopic (exact) mass is 230 g/mol. The lowest BCUT2D eigenvalue weighted by molar-refractivity contribution is 0.102. The van der Waals surface area contributed by atoms with Crippen LogP contribution in [0.5, 0.6) is 0 Å². The molecule has 0 fully saturated rings. The molecule has 1 N–H and O–H groups in total. The standard InChI is InChI=1S/C12H14N4O/c1-8-4-5-10(9(2)6-8)11(17)15-12-13-7-14-16(12)3/h4-7H,1-3H3,(H,13,14,15,17). The van der Waals surface area contributed by atoms with E-state index in [1.807, 2.05) is 32.0 Å². The summed E-state index contributed by atoms with van der Waals surface area (Å²) >= 11 is 0. The molecule has 17 heavy (non-hydrogen) atoms. The Kier molecular flexibility index (Phi) is 2.91. The van der Waals surface area contributed by atoms with Gasteiger partial charge >= 0.3 is 0 Å². The van der Waals surface area contributed by atoms with E-state index in [-0.39, 0.29) is 5.91 Å². The molecule has 0 saturated carbocycles. The summed E-state index contributed by atoms with van der Waals surface area (Å²) < 4.78 is 1.52. The fraction of sp³-hybridized carbons (Fsp3) is 0.250. The molecule has 0 aliphatic heterocycles. The number of hydrogen-bond donors (Lipinski definition) is 1. The van der Waals surface area contributed by atoms with Crippen molar-refractivity contribution >= 4 is 11.9 Å². The number of carbonyl (C=O) groups is 1. The molecule has 5 heteroatoms. The highest BCUT2D eigenvalue weighted by molar-refractivity contribution is 6.04. The zero-order valence-electron chi connectivity index (χ0n) is 10.1. The van der Waals surface area contributed by atoms with Crippen LogP contribution in [0.25, 0.3) is 0 Å². The van der Waals surface area contributed by atoms with E-state index in [0.29, 0.717) is 11.5 Å². The van der Waals surface area contributed by atoms with Crippen LogP contribution in [-0.2, 0) is 7.05 Å². The van der Waals surface area contributed by atoms with Gasteiger partial charge in [0, 0.05) is 12.6 Å². The van der Waals surface area contributed by atoms with Gasteiger partial charge in [0.1, 0.15) is 6.33 Å². The maximum absolute atomic E-state index is 12.0. The van der Waals surface area contributed by atoms with Crippen molar-refractivity contribution < 1.29 is 4.79 Å². The minimum atomic E-state index is -0.168. The highest BCUT2D eigenvalue weighted by atomic mass is 16.1. The number of anilines is 1. The Morgan fingerprint density at radius 1 is 1.35 bits per heavy atom. The highest BCUT2D eigenvalue weighted by Gasteiger charge is 2.11. The number of hydrogen-bond acceptors (Lipinski definition) is 3. The first-order valence-electron chi connectivity index (χ1n) is 5.30. The molecule has 0 saturated heterocycles. The van der Waals surface area contributed by atoms with Gasteiger partial charge in [-0.05, 0) is 25.5 Å². The molecule has 2 aromatic rings. The number of aryl methyl sites for hydroxylation is 3. The molecule has 1 aromatic carbocycles. The van der Waals surface area contributed by atoms with Gasteiger partial charge in [-0.1, -0.05) is 17.7 Å². The van der Waals surface area contributed by atoms with E-state index in [1.54, 1.807) is 7.05 Å². The summed E-state index contributed by atoms with van der Waals surface area (Å²) in [6, 6.07) is 5.71. The lowest BCUT2D eigenvalue weighted by Crippen LogP contribution is -2.16. The smallest absolute Gasteiger partial charge is 0.258 e. The number of amides is 1. The maximum Gasteiger partial charge on any atom is 0.258 e. The molecular weight excluding hydrogens is 216 g/mol. The number of rotatable bonds is 2. The van der Waals surface area contributed by atoms with Gasteiger partial charge in [0.15, 0.2) is 0 Å². The average molecular weight is 230 g/mol. The Bertz CT molecular complexity index is 559. The van der Waals surface area contributed by atoms with Gasteiger partial charge in [-0.3, -0.25) is 10.1 Å². The quantitative estimate of drug-likeness (QED) is 0.854. The van der Waals surface area contributed by atoms with Crippen LogP contribution in [0.2, 0.25) is 0 Å². The summed E-state index contributed by atoms with van der Waals surface area (Å²) in [6.07, 6.45) is 1.40. The second-order valence-electron chi connectivity index (χ2n) is 3.98. The lowest BCUT2D eigenvalue weighted by atomic mass is 10.1. The van der Waals surface area contributed by atoms with Crippen molar-refractivity contribution in [1.82, 2.24) is 14.8 Å². The third kappa shape index (κ3) is 2.33. The summed E-state index contributed by atoms with van der Waals surface area (Å²) in [7, 11) is 1.73. The molecule has 0 aliphatic rings. The van der Waals surface area contributed by atoms with Gasteiger partial charge in [0.2, 0.25) is 5.95 Å². The normalized spacial score (nSPS) is 10.3. The van der Waals surface area contributed by atoms with Crippen LogP contribution in [0.3, 0.4) is 0 Å². The van der Waals surface area contributed by atoms with Crippen molar-refractivity contribution in [3.63, 3.8) is 0 Å². The summed E-state index contributed by atoms with van der Waals surface area (Å²) in [6.45, 7) is 3.91. The maximum atomic E-state index is 12.0. The fourth-order valence-corrected chi connectivity index (χ4v) is 1.65. The molecule has 88 valence electrons. The summed E-state index contributed by atoms with van der Waals surface area (Å²) in [5, 5.41) is 6.61. The van der Waals surface area contributed by atoms with Gasteiger partial charge in [-0.15, -0.1) is 0 Å². The predicted molar refractivity (Wildman–Crippen MR) is 64.9 cm³/mol. The zero-order valence-corrected chi connectivity index (χ0v) is 10.1. The Balaban J connectivity index is 2.23. The van der Waals surface area contributed by atoms with Crippen molar-refractivity contribution in [2.24, 2.45) is 7.05 Å². The third-order valence-corrected chi connectivity index (χ3v) is 2.56. The summed E-state index contributed by atoms with van der Waals surface area (Å²) in [4.78, 5) is 16.0. The second-order valence-corrected chi connectivity index (χ2v) is 3.98. The van der Waals surface area contributed by atoms with Crippen LogP contribution in [0.1, 0.15) is 21.5 Å². The number of benzene rings is 1. The Morgan fingerprint density at radius 2 is 2.12 bits per heavy atom. The second kappa shape index (κ2) is 4.37. The van der Waals surface area contributed by atoms with Gasteiger partial charge in [0.25, 0.3) is 5.91 Å². The largest absolute Gasteiger partial charge is 0.291 e. The van der Waals surface area contributed by atoms with Crippen LogP contribution in [0, 0.1) is 13.8 Å². The molecule has 0 bridgehead atoms. The average Bonchev–Trinajstić information content (AvgIpc) is 2.64. The fourth-order valence-electron chi connectivity index (χ4n) is 1.65. The zero-order chi connectivity index (χ0) is 12.4. The molecular formula is C12H14N4O. The van der Waals surface area contributed by atoms with Crippen LogP contribution in [0.4, 0.5) is 5.95 Å². The molecule has 0 unspecified atom stereocenters. The van der Waals surface area contributed by atoms with Gasteiger partial charge in [-0.2, -0.15) is 10.1 Å². The van der Waals surface area contributed by atoms with Crippen LogP contribution in [-0.4, -0.2) is 20.7 Å². The van der Waals surface area contributed by atoms with Crippen molar-refractivity contribution in [1.29, 1.82) is 0 Å². The molecule has 1 heterocycles. The molecule has 1 amide bonds. The van der Waals surface area contributed by atoms with Gasteiger partial charge in [-0.25, -0.2) is 4.68 Å². The Hall–Kier alpha value is -2.17. The predicted octanol–water partition coefficient (Wildman–Crippen LogP) is 1.68. The SMILES string of the molecule is Cc1ccc(C(=O)Nc2ncnn2C)c(C)c1.